The van der Waals surface area contributed by atoms with Gasteiger partial charge < -0.3 is 9.47 Å². The van der Waals surface area contributed by atoms with Gasteiger partial charge in [0.2, 0.25) is 5.91 Å². The molecule has 0 saturated carbocycles. The normalized spacial score (nSPS) is 10.6. The molecule has 9 nitrogen and oxygen atoms in total. The zero-order valence-electron chi connectivity index (χ0n) is 18.3. The maximum atomic E-state index is 12.6. The molecule has 168 valence electrons. The van der Waals surface area contributed by atoms with Gasteiger partial charge in [0.15, 0.2) is 11.5 Å². The monoisotopic (exact) mass is 438 g/mol. The lowest BCUT2D eigenvalue weighted by molar-refractivity contribution is -0.122. The van der Waals surface area contributed by atoms with E-state index in [1.54, 1.807) is 24.3 Å². The van der Waals surface area contributed by atoms with Gasteiger partial charge in [-0.3, -0.25) is 29.8 Å². The highest BCUT2D eigenvalue weighted by Gasteiger charge is 2.13. The topological polar surface area (TPSA) is 112 Å². The number of aryl methyl sites for hydroxylation is 2. The molecule has 3 rings (SSSR count). The van der Waals surface area contributed by atoms with Gasteiger partial charge in [0.05, 0.1) is 30.9 Å². The van der Waals surface area contributed by atoms with Crippen LogP contribution in [-0.4, -0.2) is 35.1 Å². The smallest absolute Gasteiger partial charge is 0.269 e. The number of methoxy groups -OCH3 is 1. The van der Waals surface area contributed by atoms with Crippen molar-refractivity contribution in [2.45, 2.75) is 33.2 Å². The highest BCUT2D eigenvalue weighted by molar-refractivity contribution is 5.96. The standard InChI is InChI=1S/C23H26N4O5/c1-4-12-32-18-9-8-16(13-19(18)31-3)22(29)26-25-20(28)10-11-27-14-24-21-15(2)6-5-7-17(21)23(27)30/h5-9,13-14H,4,10-12H2,1-3H3,(H,25,28)(H,26,29). The molecule has 2 aromatic carbocycles. The average Bonchev–Trinajstić information content (AvgIpc) is 2.81. The summed E-state index contributed by atoms with van der Waals surface area (Å²) in [5.41, 5.74) is 6.36. The van der Waals surface area contributed by atoms with E-state index in [2.05, 4.69) is 15.8 Å². The van der Waals surface area contributed by atoms with Gasteiger partial charge in [0, 0.05) is 18.5 Å². The first-order valence-corrected chi connectivity index (χ1v) is 10.3. The minimum atomic E-state index is -0.501. The Balaban J connectivity index is 1.57. The van der Waals surface area contributed by atoms with Crippen molar-refractivity contribution in [3.05, 3.63) is 64.2 Å². The molecule has 3 aromatic rings. The Hall–Kier alpha value is -3.88. The third-order valence-corrected chi connectivity index (χ3v) is 4.84. The van der Waals surface area contributed by atoms with Crippen LogP contribution in [0.15, 0.2) is 47.5 Å². The Morgan fingerprint density at radius 1 is 1.12 bits per heavy atom. The molecule has 32 heavy (non-hydrogen) atoms. The van der Waals surface area contributed by atoms with Crippen molar-refractivity contribution >= 4 is 22.7 Å². The van der Waals surface area contributed by atoms with Crippen LogP contribution in [0.2, 0.25) is 0 Å². The van der Waals surface area contributed by atoms with Crippen LogP contribution in [0.5, 0.6) is 11.5 Å². The molecule has 1 aromatic heterocycles. The van der Waals surface area contributed by atoms with Crippen LogP contribution >= 0.6 is 0 Å². The van der Waals surface area contributed by atoms with E-state index in [1.807, 2.05) is 19.9 Å². The number of carbonyl (C=O) groups is 2. The molecule has 0 fully saturated rings. The number of fused-ring (bicyclic) bond motifs is 1. The van der Waals surface area contributed by atoms with E-state index in [4.69, 9.17) is 9.47 Å². The molecule has 0 radical (unpaired) electrons. The van der Waals surface area contributed by atoms with E-state index in [1.165, 1.54) is 24.1 Å². The lowest BCUT2D eigenvalue weighted by atomic mass is 10.1. The first kappa shape index (κ1) is 22.8. The Morgan fingerprint density at radius 3 is 2.69 bits per heavy atom. The third-order valence-electron chi connectivity index (χ3n) is 4.84. The third kappa shape index (κ3) is 5.23. The minimum absolute atomic E-state index is 0.00763. The van der Waals surface area contributed by atoms with Gasteiger partial charge in [-0.2, -0.15) is 0 Å². The average molecular weight is 438 g/mol. The molecule has 0 aliphatic carbocycles. The summed E-state index contributed by atoms with van der Waals surface area (Å²) in [6, 6.07) is 10.2. The maximum absolute atomic E-state index is 12.6. The van der Waals surface area contributed by atoms with E-state index in [0.717, 1.165) is 12.0 Å². The van der Waals surface area contributed by atoms with Crippen LogP contribution in [0.1, 0.15) is 35.7 Å². The number of hydrazine groups is 1. The first-order valence-electron chi connectivity index (χ1n) is 10.3. The van der Waals surface area contributed by atoms with Crippen LogP contribution in [0.25, 0.3) is 10.9 Å². The Morgan fingerprint density at radius 2 is 1.94 bits per heavy atom. The number of hydrogen-bond acceptors (Lipinski definition) is 6. The summed E-state index contributed by atoms with van der Waals surface area (Å²) in [6.07, 6.45) is 2.27. The van der Waals surface area contributed by atoms with E-state index < -0.39 is 11.8 Å². The lowest BCUT2D eigenvalue weighted by Gasteiger charge is -2.12. The zero-order chi connectivity index (χ0) is 23.1. The molecule has 0 saturated heterocycles. The van der Waals surface area contributed by atoms with Crippen molar-refractivity contribution in [1.82, 2.24) is 20.4 Å². The molecule has 0 atom stereocenters. The summed E-state index contributed by atoms with van der Waals surface area (Å²) in [5, 5.41) is 0.501. The lowest BCUT2D eigenvalue weighted by Crippen LogP contribution is -2.42. The van der Waals surface area contributed by atoms with Crippen LogP contribution < -0.4 is 25.9 Å². The molecule has 0 aliphatic heterocycles. The fourth-order valence-electron chi connectivity index (χ4n) is 3.12. The van der Waals surface area contributed by atoms with Gasteiger partial charge in [0.1, 0.15) is 0 Å². The summed E-state index contributed by atoms with van der Waals surface area (Å²) in [4.78, 5) is 41.4. The van der Waals surface area contributed by atoms with Crippen molar-refractivity contribution in [1.29, 1.82) is 0 Å². The molecule has 1 heterocycles. The van der Waals surface area contributed by atoms with Crippen LogP contribution in [0.4, 0.5) is 0 Å². The summed E-state index contributed by atoms with van der Waals surface area (Å²) in [5.74, 6) is 0.0265. The Bertz CT molecular complexity index is 1190. The van der Waals surface area contributed by atoms with Crippen molar-refractivity contribution in [2.75, 3.05) is 13.7 Å². The maximum Gasteiger partial charge on any atom is 0.269 e. The fraction of sp³-hybridized carbons (Fsp3) is 0.304. The molecule has 9 heteroatoms. The van der Waals surface area contributed by atoms with Crippen molar-refractivity contribution in [3.8, 4) is 11.5 Å². The summed E-state index contributed by atoms with van der Waals surface area (Å²) in [6.45, 7) is 4.55. The molecule has 0 spiro atoms. The van der Waals surface area contributed by atoms with Crippen molar-refractivity contribution < 1.29 is 19.1 Å². The number of amides is 2. The number of ether oxygens (including phenoxy) is 2. The summed E-state index contributed by atoms with van der Waals surface area (Å²) in [7, 11) is 1.49. The largest absolute Gasteiger partial charge is 0.493 e. The van der Waals surface area contributed by atoms with Crippen LogP contribution in [0, 0.1) is 6.92 Å². The second-order valence-electron chi connectivity index (χ2n) is 7.18. The van der Waals surface area contributed by atoms with Crippen LogP contribution in [-0.2, 0) is 11.3 Å². The quantitative estimate of drug-likeness (QED) is 0.522. The SMILES string of the molecule is CCCOc1ccc(C(=O)NNC(=O)CCn2cnc3c(C)cccc3c2=O)cc1OC. The van der Waals surface area contributed by atoms with E-state index in [-0.39, 0.29) is 18.5 Å². The molecule has 0 bridgehead atoms. The van der Waals surface area contributed by atoms with Gasteiger partial charge >= 0.3 is 0 Å². The number of nitrogens with one attached hydrogen (secondary N) is 2. The second kappa shape index (κ2) is 10.4. The predicted octanol–water partition coefficient (Wildman–Crippen LogP) is 2.35. The van der Waals surface area contributed by atoms with Gasteiger partial charge in [-0.15, -0.1) is 0 Å². The van der Waals surface area contributed by atoms with Gasteiger partial charge in [-0.25, -0.2) is 4.98 Å². The Kier molecular flexibility index (Phi) is 7.43. The minimum Gasteiger partial charge on any atom is -0.493 e. The summed E-state index contributed by atoms with van der Waals surface area (Å²) < 4.78 is 12.2. The molecule has 0 unspecified atom stereocenters. The highest BCUT2D eigenvalue weighted by atomic mass is 16.5. The van der Waals surface area contributed by atoms with E-state index in [9.17, 15) is 14.4 Å². The van der Waals surface area contributed by atoms with E-state index >= 15 is 0 Å². The summed E-state index contributed by atoms with van der Waals surface area (Å²) >= 11 is 0. The number of para-hydroxylation sites is 1. The molecule has 2 amide bonds. The van der Waals surface area contributed by atoms with Gasteiger partial charge in [-0.1, -0.05) is 19.1 Å². The second-order valence-corrected chi connectivity index (χ2v) is 7.18. The van der Waals surface area contributed by atoms with Crippen molar-refractivity contribution in [2.24, 2.45) is 0 Å². The molecule has 2 N–H and O–H groups in total. The van der Waals surface area contributed by atoms with Gasteiger partial charge in [-0.05, 0) is 43.2 Å². The molecular formula is C23H26N4O5. The molecular weight excluding hydrogens is 412 g/mol. The van der Waals surface area contributed by atoms with Gasteiger partial charge in [0.25, 0.3) is 11.5 Å². The highest BCUT2D eigenvalue weighted by Crippen LogP contribution is 2.28. The number of aromatic nitrogens is 2. The predicted molar refractivity (Wildman–Crippen MR) is 120 cm³/mol. The Labute approximate surface area is 185 Å². The number of benzene rings is 2. The van der Waals surface area contributed by atoms with E-state index in [0.29, 0.717) is 34.6 Å². The first-order chi connectivity index (χ1) is 15.4. The number of rotatable bonds is 8. The number of nitrogens with zero attached hydrogens (tertiary/aromatic N) is 2. The number of hydrogen-bond donors (Lipinski definition) is 2. The fourth-order valence-corrected chi connectivity index (χ4v) is 3.12. The van der Waals surface area contributed by atoms with Crippen molar-refractivity contribution in [3.63, 3.8) is 0 Å². The number of carbonyl (C=O) groups excluding carboxylic acids is 2. The molecule has 0 aliphatic rings. The van der Waals surface area contributed by atoms with Crippen LogP contribution in [0.3, 0.4) is 0 Å². The zero-order valence-corrected chi connectivity index (χ0v) is 18.3.